The van der Waals surface area contributed by atoms with Crippen LogP contribution in [-0.2, 0) is 16.1 Å². The van der Waals surface area contributed by atoms with Crippen LogP contribution in [0.25, 0.3) is 0 Å². The first-order valence-corrected chi connectivity index (χ1v) is 6.95. The SMILES string of the molecule is COc1cc(Br)c(CNC(=O)C(C)(C)C(=O)O)cc1OC. The molecule has 6 nitrogen and oxygen atoms in total. The Balaban J connectivity index is 2.90. The van der Waals surface area contributed by atoms with Gasteiger partial charge in [-0.25, -0.2) is 0 Å². The third kappa shape index (κ3) is 3.87. The van der Waals surface area contributed by atoms with E-state index >= 15 is 0 Å². The van der Waals surface area contributed by atoms with Gasteiger partial charge in [-0.3, -0.25) is 9.59 Å². The molecule has 0 fully saturated rings. The fraction of sp³-hybridized carbons (Fsp3) is 0.429. The summed E-state index contributed by atoms with van der Waals surface area (Å²) in [6.07, 6.45) is 0. The van der Waals surface area contributed by atoms with E-state index in [1.165, 1.54) is 28.1 Å². The fourth-order valence-electron chi connectivity index (χ4n) is 1.53. The molecular weight excluding hydrogens is 342 g/mol. The van der Waals surface area contributed by atoms with Crippen molar-refractivity contribution >= 4 is 27.8 Å². The van der Waals surface area contributed by atoms with E-state index in [0.717, 1.165) is 10.0 Å². The Hall–Kier alpha value is -1.76. The van der Waals surface area contributed by atoms with Gasteiger partial charge in [-0.15, -0.1) is 0 Å². The highest BCUT2D eigenvalue weighted by molar-refractivity contribution is 9.10. The van der Waals surface area contributed by atoms with E-state index in [0.29, 0.717) is 11.5 Å². The highest BCUT2D eigenvalue weighted by Gasteiger charge is 2.35. The third-order valence-corrected chi connectivity index (χ3v) is 3.83. The Morgan fingerprint density at radius 2 is 1.76 bits per heavy atom. The monoisotopic (exact) mass is 359 g/mol. The van der Waals surface area contributed by atoms with E-state index in [1.807, 2.05) is 0 Å². The zero-order valence-corrected chi connectivity index (χ0v) is 13.9. The first kappa shape index (κ1) is 17.3. The zero-order valence-electron chi connectivity index (χ0n) is 12.3. The van der Waals surface area contributed by atoms with Gasteiger partial charge in [0.2, 0.25) is 5.91 Å². The molecule has 0 saturated carbocycles. The number of carboxylic acids is 1. The number of halogens is 1. The van der Waals surface area contributed by atoms with Crippen LogP contribution in [0.4, 0.5) is 0 Å². The Morgan fingerprint density at radius 1 is 1.24 bits per heavy atom. The Morgan fingerprint density at radius 3 is 2.24 bits per heavy atom. The molecule has 1 aromatic rings. The number of aliphatic carboxylic acids is 1. The van der Waals surface area contributed by atoms with Gasteiger partial charge in [0.05, 0.1) is 14.2 Å². The molecule has 0 spiro atoms. The number of methoxy groups -OCH3 is 2. The van der Waals surface area contributed by atoms with E-state index in [9.17, 15) is 9.59 Å². The number of carbonyl (C=O) groups is 2. The minimum Gasteiger partial charge on any atom is -0.493 e. The second kappa shape index (κ2) is 6.80. The maximum atomic E-state index is 11.9. The summed E-state index contributed by atoms with van der Waals surface area (Å²) < 4.78 is 11.1. The molecule has 116 valence electrons. The molecule has 0 radical (unpaired) electrons. The molecule has 2 N–H and O–H groups in total. The van der Waals surface area contributed by atoms with E-state index < -0.39 is 17.3 Å². The normalized spacial score (nSPS) is 10.9. The zero-order chi connectivity index (χ0) is 16.2. The molecule has 0 unspecified atom stereocenters. The van der Waals surface area contributed by atoms with Gasteiger partial charge in [0.1, 0.15) is 5.41 Å². The van der Waals surface area contributed by atoms with E-state index in [-0.39, 0.29) is 6.54 Å². The molecular formula is C14H18BrNO5. The lowest BCUT2D eigenvalue weighted by molar-refractivity contribution is -0.153. The summed E-state index contributed by atoms with van der Waals surface area (Å²) in [5, 5.41) is 11.6. The van der Waals surface area contributed by atoms with Crippen molar-refractivity contribution in [1.82, 2.24) is 5.32 Å². The highest BCUT2D eigenvalue weighted by atomic mass is 79.9. The molecule has 0 saturated heterocycles. The lowest BCUT2D eigenvalue weighted by atomic mass is 9.92. The second-order valence-electron chi connectivity index (χ2n) is 4.91. The lowest BCUT2D eigenvalue weighted by Crippen LogP contribution is -2.42. The average molecular weight is 360 g/mol. The van der Waals surface area contributed by atoms with Crippen LogP contribution < -0.4 is 14.8 Å². The maximum absolute atomic E-state index is 11.9. The van der Waals surface area contributed by atoms with Crippen molar-refractivity contribution in [3.8, 4) is 11.5 Å². The largest absolute Gasteiger partial charge is 0.493 e. The Bertz CT molecular complexity index is 557. The number of benzene rings is 1. The van der Waals surface area contributed by atoms with Crippen LogP contribution in [0.5, 0.6) is 11.5 Å². The summed E-state index contributed by atoms with van der Waals surface area (Å²) in [4.78, 5) is 22.9. The highest BCUT2D eigenvalue weighted by Crippen LogP contribution is 2.33. The quantitative estimate of drug-likeness (QED) is 0.760. The standard InChI is InChI=1S/C14H18BrNO5/c1-14(2,13(18)19)12(17)16-7-8-5-10(20-3)11(21-4)6-9(8)15/h5-6H,7H2,1-4H3,(H,16,17)(H,18,19). The molecule has 7 heteroatoms. The van der Waals surface area contributed by atoms with Gasteiger partial charge in [0.15, 0.2) is 11.5 Å². The molecule has 0 heterocycles. The summed E-state index contributed by atoms with van der Waals surface area (Å²) in [6, 6.07) is 3.44. The van der Waals surface area contributed by atoms with Gasteiger partial charge in [-0.2, -0.15) is 0 Å². The van der Waals surface area contributed by atoms with Crippen LogP contribution in [-0.4, -0.2) is 31.2 Å². The summed E-state index contributed by atoms with van der Waals surface area (Å²) in [5.74, 6) is -0.643. The lowest BCUT2D eigenvalue weighted by Gasteiger charge is -2.19. The van der Waals surface area contributed by atoms with E-state index in [1.54, 1.807) is 12.1 Å². The topological polar surface area (TPSA) is 84.9 Å². The number of carbonyl (C=O) groups excluding carboxylic acids is 1. The molecule has 1 amide bonds. The van der Waals surface area contributed by atoms with Crippen LogP contribution in [0, 0.1) is 5.41 Å². The molecule has 0 aliphatic carbocycles. The van der Waals surface area contributed by atoms with Crippen molar-refractivity contribution in [3.05, 3.63) is 22.2 Å². The van der Waals surface area contributed by atoms with Crippen molar-refractivity contribution < 1.29 is 24.2 Å². The van der Waals surface area contributed by atoms with Crippen molar-refractivity contribution in [1.29, 1.82) is 0 Å². The molecule has 0 atom stereocenters. The van der Waals surface area contributed by atoms with Crippen molar-refractivity contribution in [2.75, 3.05) is 14.2 Å². The Kier molecular flexibility index (Phi) is 5.60. The number of hydrogen-bond acceptors (Lipinski definition) is 4. The minimum atomic E-state index is -1.48. The summed E-state index contributed by atoms with van der Waals surface area (Å²) in [7, 11) is 3.04. The van der Waals surface area contributed by atoms with Crippen LogP contribution in [0.2, 0.25) is 0 Å². The second-order valence-corrected chi connectivity index (χ2v) is 5.77. The van der Waals surface area contributed by atoms with Crippen LogP contribution in [0.15, 0.2) is 16.6 Å². The number of amides is 1. The van der Waals surface area contributed by atoms with Crippen molar-refractivity contribution in [2.45, 2.75) is 20.4 Å². The van der Waals surface area contributed by atoms with E-state index in [2.05, 4.69) is 21.2 Å². The molecule has 1 aromatic carbocycles. The van der Waals surface area contributed by atoms with Crippen molar-refractivity contribution in [2.24, 2.45) is 5.41 Å². The van der Waals surface area contributed by atoms with Gasteiger partial charge in [0.25, 0.3) is 0 Å². The van der Waals surface area contributed by atoms with Crippen LogP contribution >= 0.6 is 15.9 Å². The summed E-state index contributed by atoms with van der Waals surface area (Å²) in [6.45, 7) is 2.89. The maximum Gasteiger partial charge on any atom is 0.318 e. The van der Waals surface area contributed by atoms with Gasteiger partial charge >= 0.3 is 5.97 Å². The Labute approximate surface area is 131 Å². The van der Waals surface area contributed by atoms with Gasteiger partial charge in [-0.1, -0.05) is 15.9 Å². The number of carboxylic acid groups (broad SMARTS) is 1. The molecule has 0 aliphatic heterocycles. The third-order valence-electron chi connectivity index (χ3n) is 3.09. The van der Waals surface area contributed by atoms with Gasteiger partial charge in [-0.05, 0) is 31.5 Å². The molecule has 0 bridgehead atoms. The van der Waals surface area contributed by atoms with Gasteiger partial charge in [0, 0.05) is 11.0 Å². The predicted octanol–water partition coefficient (Wildman–Crippen LogP) is 2.19. The number of rotatable bonds is 6. The smallest absolute Gasteiger partial charge is 0.318 e. The number of ether oxygens (including phenoxy) is 2. The average Bonchev–Trinajstić information content (AvgIpc) is 2.44. The van der Waals surface area contributed by atoms with E-state index in [4.69, 9.17) is 14.6 Å². The molecule has 21 heavy (non-hydrogen) atoms. The number of nitrogens with one attached hydrogen (secondary N) is 1. The number of hydrogen-bond donors (Lipinski definition) is 2. The van der Waals surface area contributed by atoms with Gasteiger partial charge < -0.3 is 19.9 Å². The van der Waals surface area contributed by atoms with Crippen LogP contribution in [0.3, 0.4) is 0 Å². The fourth-order valence-corrected chi connectivity index (χ4v) is 1.99. The van der Waals surface area contributed by atoms with Crippen LogP contribution in [0.1, 0.15) is 19.4 Å². The predicted molar refractivity (Wildman–Crippen MR) is 80.5 cm³/mol. The summed E-state index contributed by atoms with van der Waals surface area (Å²) >= 11 is 3.38. The summed E-state index contributed by atoms with van der Waals surface area (Å²) in [5.41, 5.74) is -0.731. The van der Waals surface area contributed by atoms with Crippen molar-refractivity contribution in [3.63, 3.8) is 0 Å². The molecule has 0 aliphatic rings. The first-order valence-electron chi connectivity index (χ1n) is 6.16. The minimum absolute atomic E-state index is 0.177. The molecule has 0 aromatic heterocycles. The first-order chi connectivity index (χ1) is 9.73. The molecule has 1 rings (SSSR count).